The van der Waals surface area contributed by atoms with Crippen molar-refractivity contribution in [2.75, 3.05) is 0 Å². The zero-order valence-electron chi connectivity index (χ0n) is 27.0. The van der Waals surface area contributed by atoms with Gasteiger partial charge in [-0.1, -0.05) is 152 Å². The minimum absolute atomic E-state index is 0.493. The van der Waals surface area contributed by atoms with Crippen LogP contribution in [-0.2, 0) is 5.41 Å². The summed E-state index contributed by atoms with van der Waals surface area (Å²) in [7, 11) is 0. The monoisotopic (exact) mass is 652 g/mol. The summed E-state index contributed by atoms with van der Waals surface area (Å²) in [5, 5.41) is 3.72. The van der Waals surface area contributed by atoms with Crippen LogP contribution in [0.1, 0.15) is 21.6 Å². The van der Waals surface area contributed by atoms with E-state index >= 15 is 0 Å². The van der Waals surface area contributed by atoms with Gasteiger partial charge in [-0.05, 0) is 62.4 Å². The Labute approximate surface area is 294 Å². The topological polar surface area (TPSA) is 25.8 Å². The van der Waals surface area contributed by atoms with Crippen molar-refractivity contribution in [3.63, 3.8) is 0 Å². The van der Waals surface area contributed by atoms with Gasteiger partial charge in [0.2, 0.25) is 0 Å². The van der Waals surface area contributed by atoms with E-state index in [1.54, 1.807) is 0 Å². The zero-order valence-corrected chi connectivity index (χ0v) is 27.8. The lowest BCUT2D eigenvalue weighted by atomic mass is 9.72. The smallest absolute Gasteiger partial charge is 0.160 e. The molecule has 0 bridgehead atoms. The van der Waals surface area contributed by atoms with Gasteiger partial charge in [-0.15, -0.1) is 11.3 Å². The highest BCUT2D eigenvalue weighted by atomic mass is 32.1. The van der Waals surface area contributed by atoms with Crippen molar-refractivity contribution in [1.29, 1.82) is 0 Å². The molecule has 0 amide bonds. The van der Waals surface area contributed by atoms with Crippen molar-refractivity contribution >= 4 is 32.2 Å². The molecule has 2 aliphatic rings. The van der Waals surface area contributed by atoms with Gasteiger partial charge in [0, 0.05) is 37.2 Å². The molecule has 0 saturated heterocycles. The minimum atomic E-state index is -0.493. The van der Waals surface area contributed by atoms with Gasteiger partial charge in [0.05, 0.1) is 16.8 Å². The molecule has 2 aliphatic carbocycles. The molecule has 3 heteroatoms. The van der Waals surface area contributed by atoms with Gasteiger partial charge in [-0.25, -0.2) is 9.97 Å². The SMILES string of the molecule is c1ccc(-c2cc(-c3ccc4ccccc4c3)nc(-c3cccc4c3C3(c5ccccc5-c5ccccc53)c3sc5ccccc5c3-4)n2)cc1. The van der Waals surface area contributed by atoms with E-state index in [1.807, 2.05) is 11.3 Å². The number of hydrogen-bond donors (Lipinski definition) is 0. The fourth-order valence-corrected chi connectivity index (χ4v) is 10.1. The van der Waals surface area contributed by atoms with Crippen molar-refractivity contribution < 1.29 is 0 Å². The number of thiophene rings is 1. The van der Waals surface area contributed by atoms with E-state index in [0.29, 0.717) is 0 Å². The largest absolute Gasteiger partial charge is 0.228 e. The summed E-state index contributed by atoms with van der Waals surface area (Å²) in [6.45, 7) is 0. The summed E-state index contributed by atoms with van der Waals surface area (Å²) in [5.41, 5.74) is 13.7. The molecule has 1 spiro atoms. The Balaban J connectivity index is 1.26. The number of hydrogen-bond acceptors (Lipinski definition) is 3. The molecule has 0 N–H and O–H groups in total. The van der Waals surface area contributed by atoms with Crippen LogP contribution >= 0.6 is 11.3 Å². The van der Waals surface area contributed by atoms with Crippen molar-refractivity contribution in [2.24, 2.45) is 0 Å². The Bertz CT molecular complexity index is 2780. The number of rotatable bonds is 3. The van der Waals surface area contributed by atoms with Crippen molar-refractivity contribution in [3.8, 4) is 56.2 Å². The minimum Gasteiger partial charge on any atom is -0.228 e. The molecule has 0 fully saturated rings. The molecule has 2 heterocycles. The first-order valence-electron chi connectivity index (χ1n) is 17.1. The van der Waals surface area contributed by atoms with E-state index in [-0.39, 0.29) is 0 Å². The van der Waals surface area contributed by atoms with Gasteiger partial charge in [0.1, 0.15) is 0 Å². The molecule has 2 aromatic heterocycles. The van der Waals surface area contributed by atoms with Crippen LogP contribution in [-0.4, -0.2) is 9.97 Å². The van der Waals surface area contributed by atoms with Gasteiger partial charge in [-0.2, -0.15) is 0 Å². The van der Waals surface area contributed by atoms with E-state index in [1.165, 1.54) is 64.7 Å². The Morgan fingerprint density at radius 3 is 1.86 bits per heavy atom. The van der Waals surface area contributed by atoms with E-state index in [2.05, 4.69) is 170 Å². The fourth-order valence-electron chi connectivity index (χ4n) is 8.61. The van der Waals surface area contributed by atoms with Crippen molar-refractivity contribution in [1.82, 2.24) is 9.97 Å². The lowest BCUT2D eigenvalue weighted by Crippen LogP contribution is -2.26. The first-order valence-corrected chi connectivity index (χ1v) is 17.9. The third-order valence-corrected chi connectivity index (χ3v) is 12.0. The maximum Gasteiger partial charge on any atom is 0.160 e. The van der Waals surface area contributed by atoms with E-state index in [4.69, 9.17) is 9.97 Å². The summed E-state index contributed by atoms with van der Waals surface area (Å²) < 4.78 is 1.32. The van der Waals surface area contributed by atoms with Gasteiger partial charge in [0.15, 0.2) is 5.82 Å². The summed E-state index contributed by atoms with van der Waals surface area (Å²) in [5.74, 6) is 0.743. The van der Waals surface area contributed by atoms with E-state index < -0.39 is 5.41 Å². The number of nitrogens with zero attached hydrogens (tertiary/aromatic N) is 2. The summed E-state index contributed by atoms with van der Waals surface area (Å²) in [4.78, 5) is 12.2. The second kappa shape index (κ2) is 10.4. The predicted octanol–water partition coefficient (Wildman–Crippen LogP) is 12.2. The lowest BCUT2D eigenvalue weighted by molar-refractivity contribution is 0.812. The molecule has 7 aromatic carbocycles. The Morgan fingerprint density at radius 2 is 1.06 bits per heavy atom. The highest BCUT2D eigenvalue weighted by molar-refractivity contribution is 7.20. The Morgan fingerprint density at radius 1 is 0.440 bits per heavy atom. The van der Waals surface area contributed by atoms with Gasteiger partial charge < -0.3 is 0 Å². The van der Waals surface area contributed by atoms with E-state index in [0.717, 1.165) is 33.9 Å². The van der Waals surface area contributed by atoms with E-state index in [9.17, 15) is 0 Å². The van der Waals surface area contributed by atoms with Crippen LogP contribution in [0, 0.1) is 0 Å². The van der Waals surface area contributed by atoms with Crippen molar-refractivity contribution in [2.45, 2.75) is 5.41 Å². The number of benzene rings is 7. The molecule has 0 radical (unpaired) electrons. The van der Waals surface area contributed by atoms with Crippen LogP contribution in [0.3, 0.4) is 0 Å². The second-order valence-corrected chi connectivity index (χ2v) is 14.3. The van der Waals surface area contributed by atoms with Crippen LogP contribution < -0.4 is 0 Å². The maximum absolute atomic E-state index is 5.45. The van der Waals surface area contributed by atoms with Crippen molar-refractivity contribution in [3.05, 3.63) is 191 Å². The Kier molecular flexibility index (Phi) is 5.78. The fraction of sp³-hybridized carbons (Fsp3) is 0.0213. The second-order valence-electron chi connectivity index (χ2n) is 13.3. The average Bonchev–Trinajstić information content (AvgIpc) is 3.82. The van der Waals surface area contributed by atoms with Crippen LogP contribution in [0.15, 0.2) is 170 Å². The highest BCUT2D eigenvalue weighted by Gasteiger charge is 2.54. The normalized spacial score (nSPS) is 13.4. The van der Waals surface area contributed by atoms with Crippen LogP contribution in [0.25, 0.3) is 77.0 Å². The zero-order chi connectivity index (χ0) is 32.8. The van der Waals surface area contributed by atoms with Crippen LogP contribution in [0.2, 0.25) is 0 Å². The molecule has 0 atom stereocenters. The lowest BCUT2D eigenvalue weighted by Gasteiger charge is -2.31. The molecule has 2 nitrogen and oxygen atoms in total. The van der Waals surface area contributed by atoms with Crippen LogP contribution in [0.4, 0.5) is 0 Å². The average molecular weight is 653 g/mol. The van der Waals surface area contributed by atoms with Gasteiger partial charge in [-0.3, -0.25) is 0 Å². The standard InChI is InChI=1S/C47H28N2S/c1-2-14-30(15-3-1)40-28-41(32-26-25-29-13-4-5-16-31(29)27-32)49-46(48-40)37-21-12-20-36-43-35-19-8-11-24-42(35)50-45(43)47(44(36)37)38-22-9-6-17-33(38)34-18-7-10-23-39(34)47/h1-28H. The molecule has 50 heavy (non-hydrogen) atoms. The summed E-state index contributed by atoms with van der Waals surface area (Å²) >= 11 is 1.93. The molecule has 0 aliphatic heterocycles. The molecule has 0 unspecified atom stereocenters. The van der Waals surface area contributed by atoms with Gasteiger partial charge in [0.25, 0.3) is 0 Å². The summed E-state index contributed by atoms with van der Waals surface area (Å²) in [6.07, 6.45) is 0. The Hall–Kier alpha value is -6.16. The summed E-state index contributed by atoms with van der Waals surface area (Å²) in [6, 6.07) is 61.5. The quantitative estimate of drug-likeness (QED) is 0.190. The first-order chi connectivity index (χ1) is 24.8. The number of fused-ring (bicyclic) bond motifs is 13. The number of aromatic nitrogens is 2. The molecule has 9 aromatic rings. The molecular weight excluding hydrogens is 625 g/mol. The van der Waals surface area contributed by atoms with Gasteiger partial charge >= 0.3 is 0 Å². The maximum atomic E-state index is 5.45. The first kappa shape index (κ1) is 27.8. The third-order valence-electron chi connectivity index (χ3n) is 10.7. The highest BCUT2D eigenvalue weighted by Crippen LogP contribution is 2.67. The molecule has 0 saturated carbocycles. The predicted molar refractivity (Wildman–Crippen MR) is 208 cm³/mol. The molecular formula is C47H28N2S. The third kappa shape index (κ3) is 3.73. The molecule has 11 rings (SSSR count). The molecule has 232 valence electrons. The van der Waals surface area contributed by atoms with Crippen LogP contribution in [0.5, 0.6) is 0 Å².